The first-order chi connectivity index (χ1) is 11.8. The number of halogens is 1. The van der Waals surface area contributed by atoms with Crippen LogP contribution in [-0.4, -0.2) is 64.5 Å². The summed E-state index contributed by atoms with van der Waals surface area (Å²) in [7, 11) is 3.51. The van der Waals surface area contributed by atoms with Gasteiger partial charge in [-0.15, -0.1) is 24.0 Å². The van der Waals surface area contributed by atoms with Gasteiger partial charge >= 0.3 is 0 Å². The van der Waals surface area contributed by atoms with Crippen molar-refractivity contribution in [3.8, 4) is 0 Å². The lowest BCUT2D eigenvalue weighted by molar-refractivity contribution is 0.0342. The van der Waals surface area contributed by atoms with Crippen molar-refractivity contribution in [2.75, 3.05) is 53.6 Å². The molecule has 0 radical (unpaired) electrons. The average molecular weight is 462 g/mol. The van der Waals surface area contributed by atoms with E-state index in [0.29, 0.717) is 0 Å². The third-order valence-electron chi connectivity index (χ3n) is 4.00. The van der Waals surface area contributed by atoms with Crippen molar-refractivity contribution in [2.45, 2.75) is 19.5 Å². The molecule has 1 aromatic carbocycles. The van der Waals surface area contributed by atoms with Gasteiger partial charge in [0.25, 0.3) is 0 Å². The number of hydrogen-bond acceptors (Lipinski definition) is 4. The summed E-state index contributed by atoms with van der Waals surface area (Å²) in [4.78, 5) is 6.69. The molecule has 25 heavy (non-hydrogen) atoms. The van der Waals surface area contributed by atoms with E-state index in [1.807, 2.05) is 0 Å². The van der Waals surface area contributed by atoms with Crippen molar-refractivity contribution < 1.29 is 9.47 Å². The number of hydrogen-bond donors (Lipinski definition) is 2. The first kappa shape index (κ1) is 22.1. The molecule has 1 aliphatic rings. The zero-order chi connectivity index (χ0) is 17.0. The lowest BCUT2D eigenvalue weighted by Gasteiger charge is -2.26. The molecule has 1 saturated heterocycles. The lowest BCUT2D eigenvalue weighted by atomic mass is 10.1. The van der Waals surface area contributed by atoms with E-state index in [0.717, 1.165) is 64.9 Å². The van der Waals surface area contributed by atoms with Crippen LogP contribution >= 0.6 is 24.0 Å². The van der Waals surface area contributed by atoms with Crippen LogP contribution in [0.3, 0.4) is 0 Å². The summed E-state index contributed by atoms with van der Waals surface area (Å²) in [6.45, 7) is 7.07. The van der Waals surface area contributed by atoms with Crippen molar-refractivity contribution in [1.82, 2.24) is 15.5 Å². The molecule has 0 atom stereocenters. The molecular formula is C18H31IN4O2. The summed E-state index contributed by atoms with van der Waals surface area (Å²) in [6, 6.07) is 8.73. The highest BCUT2D eigenvalue weighted by Crippen LogP contribution is 2.10. The third kappa shape index (κ3) is 8.84. The van der Waals surface area contributed by atoms with Gasteiger partial charge in [-0.05, 0) is 17.5 Å². The number of rotatable bonds is 8. The quantitative estimate of drug-likeness (QED) is 0.267. The maximum Gasteiger partial charge on any atom is 0.191 e. The number of nitrogens with one attached hydrogen (secondary N) is 2. The smallest absolute Gasteiger partial charge is 0.191 e. The van der Waals surface area contributed by atoms with Gasteiger partial charge in [0.05, 0.1) is 13.2 Å². The Bertz CT molecular complexity index is 508. The topological polar surface area (TPSA) is 58.1 Å². The summed E-state index contributed by atoms with van der Waals surface area (Å²) < 4.78 is 10.5. The fraction of sp³-hybridized carbons (Fsp3) is 0.611. The minimum atomic E-state index is 0. The highest BCUT2D eigenvalue weighted by molar-refractivity contribution is 14.0. The normalized spacial score (nSPS) is 15.5. The van der Waals surface area contributed by atoms with E-state index in [9.17, 15) is 0 Å². The number of aliphatic imine (C=N–C) groups is 1. The highest BCUT2D eigenvalue weighted by Gasteiger charge is 2.10. The molecule has 6 nitrogen and oxygen atoms in total. The zero-order valence-corrected chi connectivity index (χ0v) is 17.6. The number of benzene rings is 1. The molecule has 0 aliphatic carbocycles. The van der Waals surface area contributed by atoms with E-state index < -0.39 is 0 Å². The maximum absolute atomic E-state index is 5.41. The Morgan fingerprint density at radius 1 is 1.24 bits per heavy atom. The predicted octanol–water partition coefficient (Wildman–Crippen LogP) is 1.84. The third-order valence-corrected chi connectivity index (χ3v) is 4.00. The zero-order valence-electron chi connectivity index (χ0n) is 15.3. The molecule has 142 valence electrons. The summed E-state index contributed by atoms with van der Waals surface area (Å²) in [5, 5.41) is 6.65. The molecule has 0 spiro atoms. The molecular weight excluding hydrogens is 431 g/mol. The Kier molecular flexibility index (Phi) is 11.8. The maximum atomic E-state index is 5.41. The largest absolute Gasteiger partial charge is 0.385 e. The Morgan fingerprint density at radius 2 is 2.00 bits per heavy atom. The van der Waals surface area contributed by atoms with Crippen LogP contribution in [0.4, 0.5) is 0 Å². The van der Waals surface area contributed by atoms with Crippen LogP contribution in [0.1, 0.15) is 17.5 Å². The molecule has 1 aliphatic heterocycles. The van der Waals surface area contributed by atoms with Gasteiger partial charge in [-0.25, -0.2) is 0 Å². The summed E-state index contributed by atoms with van der Waals surface area (Å²) in [5.74, 6) is 0.824. The van der Waals surface area contributed by atoms with Crippen molar-refractivity contribution in [3.05, 3.63) is 35.4 Å². The average Bonchev–Trinajstić information content (AvgIpc) is 2.62. The molecule has 0 aromatic heterocycles. The number of morpholine rings is 1. The molecule has 0 unspecified atom stereocenters. The summed E-state index contributed by atoms with van der Waals surface area (Å²) in [5.41, 5.74) is 2.61. The number of nitrogens with zero attached hydrogens (tertiary/aromatic N) is 2. The summed E-state index contributed by atoms with van der Waals surface area (Å²) >= 11 is 0. The van der Waals surface area contributed by atoms with Gasteiger partial charge in [-0.3, -0.25) is 9.89 Å². The molecule has 1 fully saturated rings. The monoisotopic (exact) mass is 462 g/mol. The van der Waals surface area contributed by atoms with Crippen molar-refractivity contribution in [2.24, 2.45) is 4.99 Å². The van der Waals surface area contributed by atoms with E-state index in [-0.39, 0.29) is 24.0 Å². The molecule has 2 rings (SSSR count). The number of ether oxygens (including phenoxy) is 2. The van der Waals surface area contributed by atoms with Crippen molar-refractivity contribution in [1.29, 1.82) is 0 Å². The van der Waals surface area contributed by atoms with E-state index in [4.69, 9.17) is 9.47 Å². The van der Waals surface area contributed by atoms with E-state index in [1.165, 1.54) is 11.1 Å². The second kappa shape index (κ2) is 13.3. The Labute approximate surface area is 168 Å². The lowest BCUT2D eigenvalue weighted by Crippen LogP contribution is -2.37. The van der Waals surface area contributed by atoms with Crippen molar-refractivity contribution >= 4 is 29.9 Å². The number of guanidine groups is 1. The summed E-state index contributed by atoms with van der Waals surface area (Å²) in [6.07, 6.45) is 0.965. The standard InChI is InChI=1S/C18H30N4O2.HI/c1-19-18(20-7-4-10-23-2)21-14-16-5-3-6-17(13-16)15-22-8-11-24-12-9-22;/h3,5-6,13H,4,7-12,14-15H2,1-2H3,(H2,19,20,21);1H. The van der Waals surface area contributed by atoms with Crippen LogP contribution in [0, 0.1) is 0 Å². The first-order valence-electron chi connectivity index (χ1n) is 8.63. The Hall–Kier alpha value is -0.900. The van der Waals surface area contributed by atoms with Gasteiger partial charge in [-0.1, -0.05) is 24.3 Å². The van der Waals surface area contributed by atoms with Crippen LogP contribution < -0.4 is 10.6 Å². The SMILES string of the molecule is CN=C(NCCCOC)NCc1cccc(CN2CCOCC2)c1.I. The van der Waals surface area contributed by atoms with Gasteiger partial charge in [0.15, 0.2) is 5.96 Å². The van der Waals surface area contributed by atoms with Crippen LogP contribution in [0.25, 0.3) is 0 Å². The Morgan fingerprint density at radius 3 is 2.72 bits per heavy atom. The molecule has 2 N–H and O–H groups in total. The van der Waals surface area contributed by atoms with Crippen LogP contribution in [0.2, 0.25) is 0 Å². The van der Waals surface area contributed by atoms with E-state index in [2.05, 4.69) is 44.8 Å². The molecule has 7 heteroatoms. The van der Waals surface area contributed by atoms with Gasteiger partial charge in [0, 0.05) is 53.5 Å². The van der Waals surface area contributed by atoms with E-state index >= 15 is 0 Å². The fourth-order valence-corrected chi connectivity index (χ4v) is 2.69. The second-order valence-electron chi connectivity index (χ2n) is 5.91. The molecule has 1 heterocycles. The van der Waals surface area contributed by atoms with Gasteiger partial charge in [0.2, 0.25) is 0 Å². The molecule has 0 amide bonds. The van der Waals surface area contributed by atoms with Crippen LogP contribution in [0.15, 0.2) is 29.3 Å². The van der Waals surface area contributed by atoms with Gasteiger partial charge < -0.3 is 20.1 Å². The first-order valence-corrected chi connectivity index (χ1v) is 8.63. The number of methoxy groups -OCH3 is 1. The van der Waals surface area contributed by atoms with Gasteiger partial charge in [-0.2, -0.15) is 0 Å². The van der Waals surface area contributed by atoms with Crippen molar-refractivity contribution in [3.63, 3.8) is 0 Å². The molecule has 0 bridgehead atoms. The second-order valence-corrected chi connectivity index (χ2v) is 5.91. The Balaban J connectivity index is 0.00000312. The van der Waals surface area contributed by atoms with Crippen LogP contribution in [0.5, 0.6) is 0 Å². The molecule has 0 saturated carbocycles. The van der Waals surface area contributed by atoms with Crippen LogP contribution in [-0.2, 0) is 22.6 Å². The minimum absolute atomic E-state index is 0. The fourth-order valence-electron chi connectivity index (χ4n) is 2.69. The highest BCUT2D eigenvalue weighted by atomic mass is 127. The minimum Gasteiger partial charge on any atom is -0.385 e. The van der Waals surface area contributed by atoms with Gasteiger partial charge in [0.1, 0.15) is 0 Å². The molecule has 1 aromatic rings. The predicted molar refractivity (Wildman–Crippen MR) is 113 cm³/mol. The van der Waals surface area contributed by atoms with E-state index in [1.54, 1.807) is 14.2 Å².